The molecule has 0 radical (unpaired) electrons. The fourth-order valence-corrected chi connectivity index (χ4v) is 1.37. The first-order chi connectivity index (χ1) is 6.29. The lowest BCUT2D eigenvalue weighted by molar-refractivity contribution is 0.643. The van der Waals surface area contributed by atoms with Crippen LogP contribution in [0, 0.1) is 6.92 Å². The summed E-state index contributed by atoms with van der Waals surface area (Å²) in [5.74, 6) is 0. The SMILES string of the molecule is C=CC(NCC)c1cccnc1C. The van der Waals surface area contributed by atoms with E-state index in [-0.39, 0.29) is 6.04 Å². The first-order valence-corrected chi connectivity index (χ1v) is 4.57. The van der Waals surface area contributed by atoms with Crippen LogP contribution < -0.4 is 5.32 Å². The predicted molar refractivity (Wildman–Crippen MR) is 55.6 cm³/mol. The van der Waals surface area contributed by atoms with Crippen molar-refractivity contribution in [3.05, 3.63) is 42.2 Å². The highest BCUT2D eigenvalue weighted by Gasteiger charge is 2.07. The Balaban J connectivity index is 2.90. The number of hydrogen-bond acceptors (Lipinski definition) is 2. The summed E-state index contributed by atoms with van der Waals surface area (Å²) in [7, 11) is 0. The Kier molecular flexibility index (Phi) is 3.65. The van der Waals surface area contributed by atoms with Gasteiger partial charge in [-0.15, -0.1) is 6.58 Å². The van der Waals surface area contributed by atoms with Gasteiger partial charge in [0.05, 0.1) is 6.04 Å². The van der Waals surface area contributed by atoms with Gasteiger partial charge in [-0.05, 0) is 25.1 Å². The van der Waals surface area contributed by atoms with Crippen molar-refractivity contribution in [1.29, 1.82) is 0 Å². The average Bonchev–Trinajstić information content (AvgIpc) is 2.16. The van der Waals surface area contributed by atoms with Gasteiger partial charge in [0.2, 0.25) is 0 Å². The number of hydrogen-bond donors (Lipinski definition) is 1. The molecular formula is C11H16N2. The van der Waals surface area contributed by atoms with Crippen molar-refractivity contribution in [2.75, 3.05) is 6.54 Å². The van der Waals surface area contributed by atoms with Crippen molar-refractivity contribution in [3.63, 3.8) is 0 Å². The van der Waals surface area contributed by atoms with E-state index >= 15 is 0 Å². The maximum Gasteiger partial charge on any atom is 0.0521 e. The topological polar surface area (TPSA) is 24.9 Å². The molecule has 1 unspecified atom stereocenters. The maximum absolute atomic E-state index is 4.24. The van der Waals surface area contributed by atoms with Crippen LogP contribution in [0.2, 0.25) is 0 Å². The smallest absolute Gasteiger partial charge is 0.0521 e. The molecule has 0 fully saturated rings. The summed E-state index contributed by atoms with van der Waals surface area (Å²) in [5, 5.41) is 3.33. The fourth-order valence-electron chi connectivity index (χ4n) is 1.37. The van der Waals surface area contributed by atoms with E-state index in [1.54, 1.807) is 0 Å². The van der Waals surface area contributed by atoms with Crippen LogP contribution in [0.5, 0.6) is 0 Å². The number of likely N-dealkylation sites (N-methyl/N-ethyl adjacent to an activating group) is 1. The minimum Gasteiger partial charge on any atom is -0.307 e. The van der Waals surface area contributed by atoms with E-state index < -0.39 is 0 Å². The Morgan fingerprint density at radius 3 is 3.00 bits per heavy atom. The quantitative estimate of drug-likeness (QED) is 0.711. The zero-order valence-corrected chi connectivity index (χ0v) is 8.25. The first kappa shape index (κ1) is 9.93. The minimum absolute atomic E-state index is 0.221. The van der Waals surface area contributed by atoms with Gasteiger partial charge in [0, 0.05) is 11.9 Å². The molecule has 0 amide bonds. The molecule has 2 nitrogen and oxygen atoms in total. The minimum atomic E-state index is 0.221. The number of nitrogens with one attached hydrogen (secondary N) is 1. The lowest BCUT2D eigenvalue weighted by Gasteiger charge is -2.15. The lowest BCUT2D eigenvalue weighted by atomic mass is 10.1. The molecule has 0 aliphatic rings. The van der Waals surface area contributed by atoms with Gasteiger partial charge in [0.25, 0.3) is 0 Å². The monoisotopic (exact) mass is 176 g/mol. The molecule has 0 bridgehead atoms. The van der Waals surface area contributed by atoms with Gasteiger partial charge in [-0.3, -0.25) is 4.98 Å². The van der Waals surface area contributed by atoms with Crippen LogP contribution in [0.1, 0.15) is 24.2 Å². The van der Waals surface area contributed by atoms with Gasteiger partial charge < -0.3 is 5.32 Å². The fraction of sp³-hybridized carbons (Fsp3) is 0.364. The molecule has 13 heavy (non-hydrogen) atoms. The molecule has 1 rings (SSSR count). The van der Waals surface area contributed by atoms with E-state index in [0.717, 1.165) is 12.2 Å². The number of pyridine rings is 1. The Morgan fingerprint density at radius 1 is 1.69 bits per heavy atom. The molecule has 0 aliphatic heterocycles. The zero-order valence-electron chi connectivity index (χ0n) is 8.25. The van der Waals surface area contributed by atoms with Gasteiger partial charge in [-0.1, -0.05) is 19.1 Å². The lowest BCUT2D eigenvalue weighted by Crippen LogP contribution is -2.19. The van der Waals surface area contributed by atoms with Gasteiger partial charge in [-0.25, -0.2) is 0 Å². The van der Waals surface area contributed by atoms with Crippen molar-refractivity contribution < 1.29 is 0 Å². The summed E-state index contributed by atoms with van der Waals surface area (Å²) in [6, 6.07) is 4.26. The molecule has 1 heterocycles. The van der Waals surface area contributed by atoms with E-state index in [1.165, 1.54) is 5.56 Å². The van der Waals surface area contributed by atoms with E-state index in [2.05, 4.69) is 29.9 Å². The maximum atomic E-state index is 4.24. The third-order valence-electron chi connectivity index (χ3n) is 2.04. The summed E-state index contributed by atoms with van der Waals surface area (Å²) in [5.41, 5.74) is 2.27. The summed E-state index contributed by atoms with van der Waals surface area (Å²) < 4.78 is 0. The van der Waals surface area contributed by atoms with Gasteiger partial charge in [0.15, 0.2) is 0 Å². The highest BCUT2D eigenvalue weighted by molar-refractivity contribution is 5.25. The van der Waals surface area contributed by atoms with E-state index in [4.69, 9.17) is 0 Å². The normalized spacial score (nSPS) is 12.5. The van der Waals surface area contributed by atoms with Crippen molar-refractivity contribution in [3.8, 4) is 0 Å². The van der Waals surface area contributed by atoms with Crippen LogP contribution in [0.25, 0.3) is 0 Å². The van der Waals surface area contributed by atoms with Gasteiger partial charge >= 0.3 is 0 Å². The van der Waals surface area contributed by atoms with Crippen LogP contribution >= 0.6 is 0 Å². The summed E-state index contributed by atoms with van der Waals surface area (Å²) in [6.07, 6.45) is 3.72. The van der Waals surface area contributed by atoms with Gasteiger partial charge in [0.1, 0.15) is 0 Å². The Bertz CT molecular complexity index is 281. The number of rotatable bonds is 4. The standard InChI is InChI=1S/C11H16N2/c1-4-11(12-5-2)10-7-6-8-13-9(10)3/h4,6-8,11-12H,1,5H2,2-3H3. The second-order valence-corrected chi connectivity index (χ2v) is 2.95. The second-order valence-electron chi connectivity index (χ2n) is 2.95. The van der Waals surface area contributed by atoms with Crippen molar-refractivity contribution in [1.82, 2.24) is 10.3 Å². The van der Waals surface area contributed by atoms with Crippen LogP contribution in [0.3, 0.4) is 0 Å². The highest BCUT2D eigenvalue weighted by Crippen LogP contribution is 2.15. The summed E-state index contributed by atoms with van der Waals surface area (Å²) in [4.78, 5) is 4.24. The van der Waals surface area contributed by atoms with E-state index in [9.17, 15) is 0 Å². The van der Waals surface area contributed by atoms with Crippen LogP contribution in [-0.2, 0) is 0 Å². The van der Waals surface area contributed by atoms with Crippen LogP contribution in [-0.4, -0.2) is 11.5 Å². The van der Waals surface area contributed by atoms with Crippen molar-refractivity contribution in [2.24, 2.45) is 0 Å². The molecule has 2 heteroatoms. The van der Waals surface area contributed by atoms with Gasteiger partial charge in [-0.2, -0.15) is 0 Å². The van der Waals surface area contributed by atoms with Crippen LogP contribution in [0.4, 0.5) is 0 Å². The van der Waals surface area contributed by atoms with Crippen LogP contribution in [0.15, 0.2) is 31.0 Å². The van der Waals surface area contributed by atoms with E-state index in [0.29, 0.717) is 0 Å². The Morgan fingerprint density at radius 2 is 2.46 bits per heavy atom. The Hall–Kier alpha value is -1.15. The molecule has 0 saturated carbocycles. The third kappa shape index (κ3) is 2.39. The molecule has 1 aromatic rings. The second kappa shape index (κ2) is 4.77. The zero-order chi connectivity index (χ0) is 9.68. The largest absolute Gasteiger partial charge is 0.307 e. The molecule has 70 valence electrons. The summed E-state index contributed by atoms with van der Waals surface area (Å²) in [6.45, 7) is 8.84. The molecule has 0 spiro atoms. The molecule has 1 atom stereocenters. The first-order valence-electron chi connectivity index (χ1n) is 4.57. The number of aromatic nitrogens is 1. The molecule has 1 N–H and O–H groups in total. The predicted octanol–water partition coefficient (Wildman–Crippen LogP) is 2.23. The molecule has 1 aromatic heterocycles. The number of nitrogens with zero attached hydrogens (tertiary/aromatic N) is 1. The molecule has 0 saturated heterocycles. The van der Waals surface area contributed by atoms with E-state index in [1.807, 2.05) is 25.3 Å². The van der Waals surface area contributed by atoms with Crippen molar-refractivity contribution in [2.45, 2.75) is 19.9 Å². The third-order valence-corrected chi connectivity index (χ3v) is 2.04. The van der Waals surface area contributed by atoms with Crippen molar-refractivity contribution >= 4 is 0 Å². The summed E-state index contributed by atoms with van der Waals surface area (Å²) >= 11 is 0. The average molecular weight is 176 g/mol. The number of aryl methyl sites for hydroxylation is 1. The molecule has 0 aliphatic carbocycles. The molecule has 0 aromatic carbocycles. The Labute approximate surface area is 79.7 Å². The highest BCUT2D eigenvalue weighted by atomic mass is 14.9. The molecular weight excluding hydrogens is 160 g/mol.